The molecule has 0 aliphatic carbocycles. The van der Waals surface area contributed by atoms with E-state index in [4.69, 9.17) is 9.47 Å². The molecule has 5 nitrogen and oxygen atoms in total. The molecule has 144 valence electrons. The Kier molecular flexibility index (Phi) is 5.07. The lowest BCUT2D eigenvalue weighted by Gasteiger charge is -2.46. The topological polar surface area (TPSA) is 55.8 Å². The molecule has 2 fully saturated rings. The molecule has 2 aromatic carbocycles. The second-order valence-corrected chi connectivity index (χ2v) is 9.35. The van der Waals surface area contributed by atoms with Crippen LogP contribution in [0.15, 0.2) is 59.5 Å². The summed E-state index contributed by atoms with van der Waals surface area (Å²) < 4.78 is 39.9. The second-order valence-electron chi connectivity index (χ2n) is 7.41. The molecule has 0 N–H and O–H groups in total. The predicted molar refractivity (Wildman–Crippen MR) is 103 cm³/mol. The largest absolute Gasteiger partial charge is 0.373 e. The highest BCUT2D eigenvalue weighted by molar-refractivity contribution is 7.89. The molecule has 2 heterocycles. The van der Waals surface area contributed by atoms with E-state index in [0.29, 0.717) is 44.0 Å². The first kappa shape index (κ1) is 18.6. The van der Waals surface area contributed by atoms with Gasteiger partial charge in [0.2, 0.25) is 10.0 Å². The van der Waals surface area contributed by atoms with Crippen LogP contribution in [0.3, 0.4) is 0 Å². The molecule has 0 bridgehead atoms. The average Bonchev–Trinajstić information content (AvgIpc) is 2.69. The third kappa shape index (κ3) is 3.80. The summed E-state index contributed by atoms with van der Waals surface area (Å²) in [6.45, 7) is 3.68. The van der Waals surface area contributed by atoms with Gasteiger partial charge in [0, 0.05) is 25.9 Å². The number of hydrogen-bond acceptors (Lipinski definition) is 4. The van der Waals surface area contributed by atoms with Gasteiger partial charge in [-0.25, -0.2) is 8.42 Å². The molecule has 1 spiro atoms. The van der Waals surface area contributed by atoms with Crippen LogP contribution in [0.1, 0.15) is 30.1 Å². The van der Waals surface area contributed by atoms with Gasteiger partial charge in [0.05, 0.1) is 29.8 Å². The van der Waals surface area contributed by atoms with Crippen molar-refractivity contribution in [3.05, 3.63) is 65.7 Å². The van der Waals surface area contributed by atoms with Crippen molar-refractivity contribution in [2.45, 2.75) is 36.4 Å². The number of rotatable bonds is 3. The van der Waals surface area contributed by atoms with Crippen molar-refractivity contribution in [3.63, 3.8) is 0 Å². The molecule has 0 unspecified atom stereocenters. The summed E-state index contributed by atoms with van der Waals surface area (Å²) in [5.41, 5.74) is 1.66. The van der Waals surface area contributed by atoms with E-state index in [0.717, 1.165) is 11.1 Å². The number of hydrogen-bond donors (Lipinski definition) is 0. The molecule has 2 atom stereocenters. The first-order valence-electron chi connectivity index (χ1n) is 9.36. The van der Waals surface area contributed by atoms with Crippen molar-refractivity contribution in [2.75, 3.05) is 26.3 Å². The van der Waals surface area contributed by atoms with Crippen LogP contribution < -0.4 is 0 Å². The minimum absolute atomic E-state index is 0.0676. The third-order valence-electron chi connectivity index (χ3n) is 5.48. The lowest BCUT2D eigenvalue weighted by atomic mass is 9.86. The monoisotopic (exact) mass is 387 g/mol. The molecule has 4 rings (SSSR count). The molecule has 2 aliphatic rings. The van der Waals surface area contributed by atoms with Gasteiger partial charge in [0.15, 0.2) is 0 Å². The van der Waals surface area contributed by atoms with Crippen LogP contribution in [0, 0.1) is 6.92 Å². The average molecular weight is 388 g/mol. The summed E-state index contributed by atoms with van der Waals surface area (Å²) in [6, 6.07) is 17.1. The van der Waals surface area contributed by atoms with Gasteiger partial charge in [-0.05, 0) is 24.6 Å². The van der Waals surface area contributed by atoms with Crippen molar-refractivity contribution in [3.8, 4) is 0 Å². The summed E-state index contributed by atoms with van der Waals surface area (Å²) >= 11 is 0. The highest BCUT2D eigenvalue weighted by Gasteiger charge is 2.45. The van der Waals surface area contributed by atoms with Gasteiger partial charge in [0.1, 0.15) is 0 Å². The minimum Gasteiger partial charge on any atom is -0.373 e. The molecule has 0 saturated carbocycles. The van der Waals surface area contributed by atoms with Gasteiger partial charge in [0.25, 0.3) is 0 Å². The van der Waals surface area contributed by atoms with Crippen molar-refractivity contribution in [1.29, 1.82) is 0 Å². The third-order valence-corrected chi connectivity index (χ3v) is 7.34. The first-order valence-corrected chi connectivity index (χ1v) is 10.8. The fraction of sp³-hybridized carbons (Fsp3) is 0.429. The van der Waals surface area contributed by atoms with Gasteiger partial charge < -0.3 is 9.47 Å². The number of nitrogens with zero attached hydrogens (tertiary/aromatic N) is 1. The smallest absolute Gasteiger partial charge is 0.243 e. The number of aryl methyl sites for hydroxylation is 1. The summed E-state index contributed by atoms with van der Waals surface area (Å²) in [6.07, 6.45) is 1.30. The van der Waals surface area contributed by atoms with E-state index in [9.17, 15) is 8.42 Å². The Balaban J connectivity index is 1.56. The number of ether oxygens (including phenoxy) is 2. The van der Waals surface area contributed by atoms with Gasteiger partial charge in [-0.15, -0.1) is 0 Å². The standard InChI is InChI=1S/C21H25NO4S/c1-17-7-9-19(10-8-17)27(23,24)22-12-14-26-21(16-22)11-13-25-20(15-21)18-5-3-2-4-6-18/h2-10,20H,11-16H2,1H3/t20-,21-/m0/s1. The Bertz CT molecular complexity index is 878. The zero-order valence-electron chi connectivity index (χ0n) is 15.5. The van der Waals surface area contributed by atoms with Gasteiger partial charge >= 0.3 is 0 Å². The van der Waals surface area contributed by atoms with E-state index in [2.05, 4.69) is 0 Å². The molecule has 0 aromatic heterocycles. The fourth-order valence-corrected chi connectivity index (χ4v) is 5.42. The van der Waals surface area contributed by atoms with Crippen molar-refractivity contribution >= 4 is 10.0 Å². The van der Waals surface area contributed by atoms with Crippen LogP contribution in [0.25, 0.3) is 0 Å². The van der Waals surface area contributed by atoms with Crippen LogP contribution in [0.4, 0.5) is 0 Å². The summed E-state index contributed by atoms with van der Waals surface area (Å²) in [4.78, 5) is 0.344. The Labute approximate surface area is 161 Å². The lowest BCUT2D eigenvalue weighted by molar-refractivity contribution is -0.163. The Morgan fingerprint density at radius 2 is 1.78 bits per heavy atom. The van der Waals surface area contributed by atoms with Crippen LogP contribution in [-0.2, 0) is 19.5 Å². The maximum atomic E-state index is 13.1. The van der Waals surface area contributed by atoms with Crippen LogP contribution in [0.2, 0.25) is 0 Å². The minimum atomic E-state index is -3.52. The molecule has 0 radical (unpaired) electrons. The molecule has 2 aliphatic heterocycles. The summed E-state index contributed by atoms with van der Waals surface area (Å²) in [5.74, 6) is 0. The van der Waals surface area contributed by atoms with Crippen molar-refractivity contribution in [1.82, 2.24) is 4.31 Å². The van der Waals surface area contributed by atoms with Crippen LogP contribution in [-0.4, -0.2) is 44.6 Å². The molecule has 0 amide bonds. The SMILES string of the molecule is Cc1ccc(S(=O)(=O)N2CCO[C@]3(CCO[C@H](c4ccccc4)C3)C2)cc1. The van der Waals surface area contributed by atoms with Crippen molar-refractivity contribution in [2.24, 2.45) is 0 Å². The highest BCUT2D eigenvalue weighted by atomic mass is 32.2. The zero-order valence-corrected chi connectivity index (χ0v) is 16.3. The van der Waals surface area contributed by atoms with Gasteiger partial charge in [-0.1, -0.05) is 48.0 Å². The summed E-state index contributed by atoms with van der Waals surface area (Å²) in [7, 11) is -3.52. The van der Waals surface area contributed by atoms with E-state index in [1.54, 1.807) is 16.4 Å². The quantitative estimate of drug-likeness (QED) is 0.811. The molecule has 2 saturated heterocycles. The van der Waals surface area contributed by atoms with E-state index in [1.165, 1.54) is 0 Å². The molecule has 2 aromatic rings. The number of benzene rings is 2. The summed E-state index contributed by atoms with van der Waals surface area (Å²) in [5, 5.41) is 0. The predicted octanol–water partition coefficient (Wildman–Crippen LogP) is 3.31. The second kappa shape index (κ2) is 7.36. The van der Waals surface area contributed by atoms with Crippen LogP contribution >= 0.6 is 0 Å². The Hall–Kier alpha value is -1.73. The van der Waals surface area contributed by atoms with Gasteiger partial charge in [-0.2, -0.15) is 4.31 Å². The fourth-order valence-electron chi connectivity index (χ4n) is 3.92. The Morgan fingerprint density at radius 3 is 2.52 bits per heavy atom. The van der Waals surface area contributed by atoms with Crippen molar-refractivity contribution < 1.29 is 17.9 Å². The molecule has 6 heteroatoms. The van der Waals surface area contributed by atoms with E-state index >= 15 is 0 Å². The highest BCUT2D eigenvalue weighted by Crippen LogP contribution is 2.39. The molecule has 27 heavy (non-hydrogen) atoms. The van der Waals surface area contributed by atoms with Gasteiger partial charge in [-0.3, -0.25) is 0 Å². The number of sulfonamides is 1. The zero-order chi connectivity index (χ0) is 18.9. The van der Waals surface area contributed by atoms with E-state index in [1.807, 2.05) is 49.4 Å². The molecular weight excluding hydrogens is 362 g/mol. The maximum Gasteiger partial charge on any atom is 0.243 e. The van der Waals surface area contributed by atoms with E-state index < -0.39 is 15.6 Å². The Morgan fingerprint density at radius 1 is 1.04 bits per heavy atom. The molecular formula is C21H25NO4S. The first-order chi connectivity index (χ1) is 13.0. The van der Waals surface area contributed by atoms with Crippen LogP contribution in [0.5, 0.6) is 0 Å². The lowest BCUT2D eigenvalue weighted by Crippen LogP contribution is -2.56. The normalized spacial score (nSPS) is 26.9. The number of morpholine rings is 1. The van der Waals surface area contributed by atoms with E-state index in [-0.39, 0.29) is 6.10 Å². The maximum absolute atomic E-state index is 13.1.